The van der Waals surface area contributed by atoms with Crippen molar-refractivity contribution in [3.8, 4) is 34.5 Å². The van der Waals surface area contributed by atoms with Crippen molar-refractivity contribution in [2.75, 3.05) is 34.0 Å². The number of aliphatic imine (C=N–C) groups is 1. The van der Waals surface area contributed by atoms with E-state index < -0.39 is 0 Å². The molecule has 2 aliphatic heterocycles. The average molecular weight is 671 g/mol. The predicted octanol–water partition coefficient (Wildman–Crippen LogP) is 7.44. The van der Waals surface area contributed by atoms with Crippen LogP contribution in [0.3, 0.4) is 0 Å². The Balaban J connectivity index is 1.03. The first kappa shape index (κ1) is 29.0. The van der Waals surface area contributed by atoms with E-state index in [1.54, 1.807) is 20.3 Å². The number of methoxy groups -OCH3 is 2. The number of halogens is 1. The summed E-state index contributed by atoms with van der Waals surface area (Å²) in [5.74, 6) is 4.36. The highest BCUT2D eigenvalue weighted by Crippen LogP contribution is 2.38. The van der Waals surface area contributed by atoms with Gasteiger partial charge in [0.15, 0.2) is 11.5 Å². The molecule has 0 bridgehead atoms. The average Bonchev–Trinajstić information content (AvgIpc) is 3.43. The summed E-state index contributed by atoms with van der Waals surface area (Å²) in [5.41, 5.74) is 1.22. The molecule has 0 N–H and O–H groups in total. The van der Waals surface area contributed by atoms with E-state index in [1.165, 1.54) is 0 Å². The molecule has 41 heavy (non-hydrogen) atoms. The monoisotopic (exact) mass is 670 g/mol. The Bertz CT molecular complexity index is 1380. The standard InChI is InChI=1S/C32H35IN2O6/c1-37-23-9-11-24(12-10-23)41-29-14-13-25(18-27(29)33)39-16-5-3-4-6-17-40-31-20-28-26(19-30(31)38-2)32(36)35-15-7-8-22(35)21-34-28/h9-14,18-22H,3-8,15-17H2,1-2H3/t22-/m0/s1. The minimum atomic E-state index is 0.0135. The molecule has 5 rings (SSSR count). The molecule has 0 spiro atoms. The number of rotatable bonds is 13. The zero-order chi connectivity index (χ0) is 28.6. The van der Waals surface area contributed by atoms with Gasteiger partial charge in [-0.1, -0.05) is 0 Å². The molecule has 8 nitrogen and oxygen atoms in total. The van der Waals surface area contributed by atoms with E-state index in [0.29, 0.717) is 36.0 Å². The van der Waals surface area contributed by atoms with Crippen LogP contribution in [0.1, 0.15) is 48.9 Å². The molecule has 1 amide bonds. The smallest absolute Gasteiger partial charge is 0.256 e. The molecule has 3 aromatic rings. The summed E-state index contributed by atoms with van der Waals surface area (Å²) < 4.78 is 29.7. The highest BCUT2D eigenvalue weighted by atomic mass is 127. The van der Waals surface area contributed by atoms with Crippen LogP contribution in [0.4, 0.5) is 5.69 Å². The maximum Gasteiger partial charge on any atom is 0.256 e. The zero-order valence-corrected chi connectivity index (χ0v) is 25.6. The molecule has 3 aromatic carbocycles. The van der Waals surface area contributed by atoms with Crippen molar-refractivity contribution in [2.45, 2.75) is 44.6 Å². The Morgan fingerprint density at radius 3 is 2.29 bits per heavy atom. The lowest BCUT2D eigenvalue weighted by atomic mass is 10.1. The summed E-state index contributed by atoms with van der Waals surface area (Å²) in [6, 6.07) is 17.0. The van der Waals surface area contributed by atoms with Gasteiger partial charge in [-0.15, -0.1) is 0 Å². The Hall–Kier alpha value is -3.47. The van der Waals surface area contributed by atoms with E-state index in [9.17, 15) is 4.79 Å². The molecule has 0 unspecified atom stereocenters. The summed E-state index contributed by atoms with van der Waals surface area (Å²) in [6.45, 7) is 1.99. The first-order chi connectivity index (χ1) is 20.1. The number of amides is 1. The van der Waals surface area contributed by atoms with Gasteiger partial charge >= 0.3 is 0 Å². The molecule has 0 radical (unpaired) electrons. The molecule has 1 saturated heterocycles. The van der Waals surface area contributed by atoms with Gasteiger partial charge in [0.2, 0.25) is 0 Å². The first-order valence-electron chi connectivity index (χ1n) is 14.0. The van der Waals surface area contributed by atoms with Gasteiger partial charge in [0.05, 0.1) is 48.3 Å². The Morgan fingerprint density at radius 1 is 0.829 bits per heavy atom. The molecule has 0 saturated carbocycles. The number of carbonyl (C=O) groups is 1. The predicted molar refractivity (Wildman–Crippen MR) is 167 cm³/mol. The zero-order valence-electron chi connectivity index (χ0n) is 23.4. The molecule has 1 atom stereocenters. The van der Waals surface area contributed by atoms with Crippen LogP contribution in [0, 0.1) is 3.57 Å². The lowest BCUT2D eigenvalue weighted by Crippen LogP contribution is -2.35. The largest absolute Gasteiger partial charge is 0.497 e. The van der Waals surface area contributed by atoms with Crippen molar-refractivity contribution in [1.29, 1.82) is 0 Å². The van der Waals surface area contributed by atoms with Gasteiger partial charge in [-0.2, -0.15) is 0 Å². The molecular weight excluding hydrogens is 635 g/mol. The van der Waals surface area contributed by atoms with E-state index in [-0.39, 0.29) is 11.9 Å². The molecule has 1 fully saturated rings. The van der Waals surface area contributed by atoms with E-state index >= 15 is 0 Å². The number of hydrogen-bond acceptors (Lipinski definition) is 7. The summed E-state index contributed by atoms with van der Waals surface area (Å²) in [6.07, 6.45) is 7.79. The molecule has 2 aliphatic rings. The number of carbonyl (C=O) groups excluding carboxylic acids is 1. The van der Waals surface area contributed by atoms with Crippen molar-refractivity contribution in [2.24, 2.45) is 4.99 Å². The Morgan fingerprint density at radius 2 is 1.56 bits per heavy atom. The van der Waals surface area contributed by atoms with Gasteiger partial charge in [-0.05, 0) is 110 Å². The van der Waals surface area contributed by atoms with E-state index in [1.807, 2.05) is 59.6 Å². The number of fused-ring (bicyclic) bond motifs is 2. The van der Waals surface area contributed by atoms with Crippen molar-refractivity contribution in [3.63, 3.8) is 0 Å². The molecular formula is C32H35IN2O6. The van der Waals surface area contributed by atoms with Crippen molar-refractivity contribution in [3.05, 3.63) is 63.7 Å². The highest BCUT2D eigenvalue weighted by Gasteiger charge is 2.32. The van der Waals surface area contributed by atoms with Gasteiger partial charge in [0.1, 0.15) is 23.0 Å². The van der Waals surface area contributed by atoms with Gasteiger partial charge in [-0.3, -0.25) is 9.79 Å². The van der Waals surface area contributed by atoms with Crippen LogP contribution in [0.25, 0.3) is 0 Å². The van der Waals surface area contributed by atoms with Crippen LogP contribution in [-0.2, 0) is 0 Å². The quantitative estimate of drug-likeness (QED) is 0.139. The van der Waals surface area contributed by atoms with Crippen LogP contribution in [0.15, 0.2) is 59.6 Å². The summed E-state index contributed by atoms with van der Waals surface area (Å²) in [4.78, 5) is 19.5. The lowest BCUT2D eigenvalue weighted by molar-refractivity contribution is 0.0774. The van der Waals surface area contributed by atoms with Crippen molar-refractivity contribution < 1.29 is 28.5 Å². The number of benzene rings is 3. The highest BCUT2D eigenvalue weighted by molar-refractivity contribution is 14.1. The molecule has 0 aromatic heterocycles. The first-order valence-corrected chi connectivity index (χ1v) is 15.1. The van der Waals surface area contributed by atoms with Crippen molar-refractivity contribution >= 4 is 40.4 Å². The maximum atomic E-state index is 13.0. The third-order valence-corrected chi connectivity index (χ3v) is 8.06. The van der Waals surface area contributed by atoms with Gasteiger partial charge < -0.3 is 28.6 Å². The number of ether oxygens (including phenoxy) is 5. The Kier molecular flexibility index (Phi) is 9.87. The van der Waals surface area contributed by atoms with Gasteiger partial charge in [-0.25, -0.2) is 0 Å². The molecule has 9 heteroatoms. The van der Waals surface area contributed by atoms with E-state index in [0.717, 1.165) is 71.6 Å². The van der Waals surface area contributed by atoms with Crippen LogP contribution < -0.4 is 23.7 Å². The van der Waals surface area contributed by atoms with Gasteiger partial charge in [0, 0.05) is 18.8 Å². The SMILES string of the molecule is COc1ccc(Oc2ccc(OCCCCCCOc3cc4c(cc3OC)C(=O)N3CCC[C@H]3C=N4)cc2I)cc1. The van der Waals surface area contributed by atoms with E-state index in [4.69, 9.17) is 23.7 Å². The second-order valence-corrected chi connectivity index (χ2v) is 11.1. The number of nitrogens with zero attached hydrogens (tertiary/aromatic N) is 2. The lowest BCUT2D eigenvalue weighted by Gasteiger charge is -2.20. The summed E-state index contributed by atoms with van der Waals surface area (Å²) >= 11 is 2.26. The normalized spacial score (nSPS) is 15.6. The van der Waals surface area contributed by atoms with Gasteiger partial charge in [0.25, 0.3) is 5.91 Å². The fraction of sp³-hybridized carbons (Fsp3) is 0.375. The fourth-order valence-electron chi connectivity index (χ4n) is 4.97. The van der Waals surface area contributed by atoms with Crippen LogP contribution in [-0.4, -0.2) is 57.0 Å². The third kappa shape index (κ3) is 7.25. The molecule has 0 aliphatic carbocycles. The third-order valence-electron chi connectivity index (χ3n) is 7.21. The Labute approximate surface area is 254 Å². The second kappa shape index (κ2) is 13.9. The van der Waals surface area contributed by atoms with Crippen LogP contribution in [0.5, 0.6) is 34.5 Å². The van der Waals surface area contributed by atoms with E-state index in [2.05, 4.69) is 27.6 Å². The summed E-state index contributed by atoms with van der Waals surface area (Å²) in [5, 5.41) is 0. The van der Waals surface area contributed by atoms with Crippen molar-refractivity contribution in [1.82, 2.24) is 4.90 Å². The maximum absolute atomic E-state index is 13.0. The van der Waals surface area contributed by atoms with Crippen LogP contribution >= 0.6 is 22.6 Å². The minimum absolute atomic E-state index is 0.0135. The fourth-order valence-corrected chi connectivity index (χ4v) is 5.57. The van der Waals surface area contributed by atoms with Crippen LogP contribution in [0.2, 0.25) is 0 Å². The summed E-state index contributed by atoms with van der Waals surface area (Å²) in [7, 11) is 3.24. The molecule has 2 heterocycles. The second-order valence-electron chi connectivity index (χ2n) is 9.99. The molecule has 216 valence electrons. The minimum Gasteiger partial charge on any atom is -0.497 e. The topological polar surface area (TPSA) is 78.8 Å². The number of unbranched alkanes of at least 4 members (excludes halogenated alkanes) is 3. The number of hydrogen-bond donors (Lipinski definition) is 0.